The molecule has 0 aliphatic carbocycles. The van der Waals surface area contributed by atoms with Crippen molar-refractivity contribution in [3.8, 4) is 0 Å². The molecule has 0 bridgehead atoms. The van der Waals surface area contributed by atoms with Gasteiger partial charge in [-0.1, -0.05) is 0 Å². The van der Waals surface area contributed by atoms with Crippen LogP contribution < -0.4 is 10.6 Å². The van der Waals surface area contributed by atoms with Crippen LogP contribution in [0.15, 0.2) is 0 Å². The van der Waals surface area contributed by atoms with Gasteiger partial charge in [0.05, 0.1) is 25.9 Å². The standard InChI is InChI=1S/C11H22N2O4/c1-9(11(14)13-4-5-15-2)17-8-10-7-12-3-6-16-10/h9-10,12H,3-8H2,1-2H3,(H,13,14). The topological polar surface area (TPSA) is 68.8 Å². The number of methoxy groups -OCH3 is 1. The lowest BCUT2D eigenvalue weighted by Gasteiger charge is -2.24. The van der Waals surface area contributed by atoms with E-state index in [4.69, 9.17) is 14.2 Å². The summed E-state index contributed by atoms with van der Waals surface area (Å²) in [5.41, 5.74) is 0. The van der Waals surface area contributed by atoms with Crippen LogP contribution in [0.25, 0.3) is 0 Å². The normalized spacial score (nSPS) is 22.1. The Balaban J connectivity index is 2.10. The highest BCUT2D eigenvalue weighted by Crippen LogP contribution is 1.99. The number of carbonyl (C=O) groups is 1. The van der Waals surface area contributed by atoms with Gasteiger partial charge in [0.1, 0.15) is 6.10 Å². The van der Waals surface area contributed by atoms with E-state index in [-0.39, 0.29) is 12.0 Å². The van der Waals surface area contributed by atoms with Crippen LogP contribution in [-0.2, 0) is 19.0 Å². The van der Waals surface area contributed by atoms with Crippen LogP contribution in [0.3, 0.4) is 0 Å². The van der Waals surface area contributed by atoms with Gasteiger partial charge in [0.2, 0.25) is 5.91 Å². The van der Waals surface area contributed by atoms with Gasteiger partial charge in [-0.05, 0) is 6.92 Å². The summed E-state index contributed by atoms with van der Waals surface area (Å²) in [7, 11) is 1.60. The van der Waals surface area contributed by atoms with Gasteiger partial charge < -0.3 is 24.8 Å². The second-order valence-electron chi connectivity index (χ2n) is 3.96. The van der Waals surface area contributed by atoms with Gasteiger partial charge in [-0.15, -0.1) is 0 Å². The summed E-state index contributed by atoms with van der Waals surface area (Å²) in [6.45, 7) is 5.53. The number of hydrogen-bond donors (Lipinski definition) is 2. The molecule has 100 valence electrons. The summed E-state index contributed by atoms with van der Waals surface area (Å²) in [5, 5.41) is 5.93. The molecular weight excluding hydrogens is 224 g/mol. The summed E-state index contributed by atoms with van der Waals surface area (Å²) in [5.74, 6) is -0.120. The minimum atomic E-state index is -0.461. The average molecular weight is 246 g/mol. The van der Waals surface area contributed by atoms with E-state index < -0.39 is 6.10 Å². The minimum absolute atomic E-state index is 0.0398. The lowest BCUT2D eigenvalue weighted by atomic mass is 10.3. The van der Waals surface area contributed by atoms with E-state index in [1.54, 1.807) is 14.0 Å². The van der Waals surface area contributed by atoms with E-state index in [2.05, 4.69) is 10.6 Å². The van der Waals surface area contributed by atoms with Crippen LogP contribution in [-0.4, -0.2) is 64.7 Å². The van der Waals surface area contributed by atoms with Crippen LogP contribution in [0, 0.1) is 0 Å². The number of rotatable bonds is 7. The highest BCUT2D eigenvalue weighted by atomic mass is 16.5. The third-order valence-corrected chi connectivity index (χ3v) is 2.51. The van der Waals surface area contributed by atoms with Gasteiger partial charge in [-0.25, -0.2) is 0 Å². The molecule has 2 unspecified atom stereocenters. The Bertz CT molecular complexity index is 220. The lowest BCUT2D eigenvalue weighted by molar-refractivity contribution is -0.135. The van der Waals surface area contributed by atoms with Crippen molar-refractivity contribution >= 4 is 5.91 Å². The Labute approximate surface area is 102 Å². The largest absolute Gasteiger partial charge is 0.383 e. The number of amides is 1. The first-order valence-corrected chi connectivity index (χ1v) is 5.94. The van der Waals surface area contributed by atoms with Gasteiger partial charge in [0, 0.05) is 26.7 Å². The number of hydrogen-bond acceptors (Lipinski definition) is 5. The monoisotopic (exact) mass is 246 g/mol. The van der Waals surface area contributed by atoms with Crippen molar-refractivity contribution in [1.82, 2.24) is 10.6 Å². The van der Waals surface area contributed by atoms with Crippen molar-refractivity contribution < 1.29 is 19.0 Å². The van der Waals surface area contributed by atoms with Crippen molar-refractivity contribution in [3.63, 3.8) is 0 Å². The molecular formula is C11H22N2O4. The van der Waals surface area contributed by atoms with Gasteiger partial charge in [0.15, 0.2) is 0 Å². The quantitative estimate of drug-likeness (QED) is 0.572. The highest BCUT2D eigenvalue weighted by Gasteiger charge is 2.18. The predicted molar refractivity (Wildman–Crippen MR) is 62.9 cm³/mol. The first-order valence-electron chi connectivity index (χ1n) is 5.94. The third kappa shape index (κ3) is 5.97. The molecule has 1 heterocycles. The third-order valence-electron chi connectivity index (χ3n) is 2.51. The van der Waals surface area contributed by atoms with Crippen molar-refractivity contribution in [2.24, 2.45) is 0 Å². The van der Waals surface area contributed by atoms with Crippen LogP contribution in [0.5, 0.6) is 0 Å². The number of ether oxygens (including phenoxy) is 3. The Hall–Kier alpha value is -0.690. The van der Waals surface area contributed by atoms with Gasteiger partial charge in [-0.2, -0.15) is 0 Å². The van der Waals surface area contributed by atoms with Crippen LogP contribution in [0.2, 0.25) is 0 Å². The number of nitrogens with one attached hydrogen (secondary N) is 2. The first kappa shape index (κ1) is 14.4. The Morgan fingerprint density at radius 3 is 3.12 bits per heavy atom. The molecule has 17 heavy (non-hydrogen) atoms. The SMILES string of the molecule is COCCNC(=O)C(C)OCC1CNCCO1. The molecule has 1 aliphatic heterocycles. The van der Waals surface area contributed by atoms with Crippen LogP contribution >= 0.6 is 0 Å². The number of carbonyl (C=O) groups excluding carboxylic acids is 1. The highest BCUT2D eigenvalue weighted by molar-refractivity contribution is 5.80. The zero-order chi connectivity index (χ0) is 12.5. The molecule has 2 atom stereocenters. The Morgan fingerprint density at radius 2 is 2.47 bits per heavy atom. The van der Waals surface area contributed by atoms with E-state index in [1.807, 2.05) is 0 Å². The summed E-state index contributed by atoms with van der Waals surface area (Å²) in [6.07, 6.45) is -0.421. The Morgan fingerprint density at radius 1 is 1.65 bits per heavy atom. The van der Waals surface area contributed by atoms with Crippen LogP contribution in [0.1, 0.15) is 6.92 Å². The maximum absolute atomic E-state index is 11.5. The van der Waals surface area contributed by atoms with Gasteiger partial charge in [0.25, 0.3) is 0 Å². The zero-order valence-corrected chi connectivity index (χ0v) is 10.5. The van der Waals surface area contributed by atoms with Gasteiger partial charge >= 0.3 is 0 Å². The molecule has 1 saturated heterocycles. The molecule has 1 rings (SSSR count). The Kier molecular flexibility index (Phi) is 7.11. The fraction of sp³-hybridized carbons (Fsp3) is 0.909. The van der Waals surface area contributed by atoms with Crippen LogP contribution in [0.4, 0.5) is 0 Å². The maximum atomic E-state index is 11.5. The maximum Gasteiger partial charge on any atom is 0.248 e. The molecule has 6 heteroatoms. The predicted octanol–water partition coefficient (Wildman–Crippen LogP) is -0.857. The number of morpholine rings is 1. The summed E-state index contributed by atoms with van der Waals surface area (Å²) in [6, 6.07) is 0. The van der Waals surface area contributed by atoms with E-state index in [9.17, 15) is 4.79 Å². The zero-order valence-electron chi connectivity index (χ0n) is 10.5. The van der Waals surface area contributed by atoms with Crippen molar-refractivity contribution in [2.75, 3.05) is 46.6 Å². The van der Waals surface area contributed by atoms with E-state index in [1.165, 1.54) is 0 Å². The van der Waals surface area contributed by atoms with Crippen molar-refractivity contribution in [3.05, 3.63) is 0 Å². The average Bonchev–Trinajstić information content (AvgIpc) is 2.37. The molecule has 6 nitrogen and oxygen atoms in total. The second kappa shape index (κ2) is 8.41. The minimum Gasteiger partial charge on any atom is -0.383 e. The molecule has 0 saturated carbocycles. The summed E-state index contributed by atoms with van der Waals surface area (Å²) < 4.78 is 15.8. The molecule has 0 aromatic rings. The van der Waals surface area contributed by atoms with Crippen molar-refractivity contribution in [1.29, 1.82) is 0 Å². The van der Waals surface area contributed by atoms with Crippen molar-refractivity contribution in [2.45, 2.75) is 19.1 Å². The molecule has 1 amide bonds. The fourth-order valence-electron chi connectivity index (χ4n) is 1.47. The van der Waals surface area contributed by atoms with Gasteiger partial charge in [-0.3, -0.25) is 4.79 Å². The fourth-order valence-corrected chi connectivity index (χ4v) is 1.47. The summed E-state index contributed by atoms with van der Waals surface area (Å²) >= 11 is 0. The molecule has 1 fully saturated rings. The summed E-state index contributed by atoms with van der Waals surface area (Å²) in [4.78, 5) is 11.5. The van der Waals surface area contributed by atoms with E-state index in [0.717, 1.165) is 13.1 Å². The molecule has 0 radical (unpaired) electrons. The molecule has 0 spiro atoms. The van der Waals surface area contributed by atoms with E-state index in [0.29, 0.717) is 26.4 Å². The molecule has 0 aromatic heterocycles. The second-order valence-corrected chi connectivity index (χ2v) is 3.96. The molecule has 2 N–H and O–H groups in total. The smallest absolute Gasteiger partial charge is 0.248 e. The first-order chi connectivity index (χ1) is 8.24. The van der Waals surface area contributed by atoms with E-state index >= 15 is 0 Å². The lowest BCUT2D eigenvalue weighted by Crippen LogP contribution is -2.43. The molecule has 0 aromatic carbocycles. The molecule has 1 aliphatic rings.